The fourth-order valence-electron chi connectivity index (χ4n) is 1.93. The predicted octanol–water partition coefficient (Wildman–Crippen LogP) is 3.54. The van der Waals surface area contributed by atoms with Crippen molar-refractivity contribution in [3.8, 4) is 5.75 Å². The maximum Gasteiger partial charge on any atom is 0.273 e. The zero-order chi connectivity index (χ0) is 16.8. The Morgan fingerprint density at radius 1 is 1.30 bits per heavy atom. The van der Waals surface area contributed by atoms with Crippen molar-refractivity contribution < 1.29 is 14.6 Å². The van der Waals surface area contributed by atoms with Gasteiger partial charge in [0.05, 0.1) is 11.2 Å². The van der Waals surface area contributed by atoms with Gasteiger partial charge in [-0.15, -0.1) is 0 Å². The van der Waals surface area contributed by atoms with Gasteiger partial charge < -0.3 is 9.84 Å². The van der Waals surface area contributed by atoms with Gasteiger partial charge in [-0.05, 0) is 17.7 Å². The molecular formula is C16H14Cl2N2O3. The highest BCUT2D eigenvalue weighted by atomic mass is 35.5. The second-order valence-corrected chi connectivity index (χ2v) is 5.43. The number of carbonyl (C=O) groups is 1. The third kappa shape index (κ3) is 4.45. The highest BCUT2D eigenvalue weighted by Crippen LogP contribution is 2.29. The number of carbonyl (C=O) groups excluding carboxylic acids is 1. The van der Waals surface area contributed by atoms with Crippen molar-refractivity contribution in [1.29, 1.82) is 0 Å². The van der Waals surface area contributed by atoms with Crippen LogP contribution >= 0.6 is 23.2 Å². The average molecular weight is 353 g/mol. The fraction of sp³-hybridized carbons (Fsp3) is 0.125. The molecule has 0 spiro atoms. The van der Waals surface area contributed by atoms with E-state index < -0.39 is 12.0 Å². The fourth-order valence-corrected chi connectivity index (χ4v) is 2.44. The normalized spacial score (nSPS) is 12.3. The zero-order valence-electron chi connectivity index (χ0n) is 12.2. The van der Waals surface area contributed by atoms with Gasteiger partial charge in [0, 0.05) is 17.7 Å². The van der Waals surface area contributed by atoms with Crippen LogP contribution in [-0.2, 0) is 9.53 Å². The number of hydrazone groups is 1. The number of hydrogen-bond acceptors (Lipinski definition) is 4. The number of rotatable bonds is 5. The summed E-state index contributed by atoms with van der Waals surface area (Å²) < 4.78 is 5.19. The SMILES string of the molecule is CO[C@H](C(=O)N/N=C\c1cc(Cl)cc(Cl)c1O)c1ccccc1. The molecule has 0 aromatic heterocycles. The lowest BCUT2D eigenvalue weighted by molar-refractivity contribution is -0.131. The summed E-state index contributed by atoms with van der Waals surface area (Å²) >= 11 is 11.7. The summed E-state index contributed by atoms with van der Waals surface area (Å²) in [6.07, 6.45) is 0.466. The summed E-state index contributed by atoms with van der Waals surface area (Å²) in [6.45, 7) is 0. The number of benzene rings is 2. The van der Waals surface area contributed by atoms with E-state index in [0.29, 0.717) is 10.6 Å². The molecule has 1 atom stereocenters. The van der Waals surface area contributed by atoms with E-state index in [0.717, 1.165) is 0 Å². The first-order chi connectivity index (χ1) is 11.0. The van der Waals surface area contributed by atoms with Crippen LogP contribution in [0, 0.1) is 0 Å². The topological polar surface area (TPSA) is 70.9 Å². The smallest absolute Gasteiger partial charge is 0.273 e. The van der Waals surface area contributed by atoms with Gasteiger partial charge in [-0.1, -0.05) is 53.5 Å². The van der Waals surface area contributed by atoms with Gasteiger partial charge in [-0.2, -0.15) is 5.10 Å². The van der Waals surface area contributed by atoms with Crippen molar-refractivity contribution >= 4 is 35.3 Å². The molecule has 2 aromatic rings. The summed E-state index contributed by atoms with van der Waals surface area (Å²) in [4.78, 5) is 12.1. The van der Waals surface area contributed by atoms with Crippen LogP contribution in [0.2, 0.25) is 10.0 Å². The van der Waals surface area contributed by atoms with Crippen LogP contribution in [0.1, 0.15) is 17.2 Å². The number of nitrogens with one attached hydrogen (secondary N) is 1. The van der Waals surface area contributed by atoms with E-state index in [1.165, 1.54) is 25.5 Å². The molecule has 0 fully saturated rings. The summed E-state index contributed by atoms with van der Waals surface area (Å²) in [5.41, 5.74) is 3.35. The average Bonchev–Trinajstić information content (AvgIpc) is 2.53. The number of hydrogen-bond donors (Lipinski definition) is 2. The quantitative estimate of drug-likeness (QED) is 0.638. The van der Waals surface area contributed by atoms with Crippen LogP contribution in [0.25, 0.3) is 0 Å². The van der Waals surface area contributed by atoms with Gasteiger partial charge >= 0.3 is 0 Å². The van der Waals surface area contributed by atoms with Crippen LogP contribution in [0.3, 0.4) is 0 Å². The number of halogens is 2. The molecule has 0 bridgehead atoms. The van der Waals surface area contributed by atoms with Crippen LogP contribution in [0.15, 0.2) is 47.6 Å². The Morgan fingerprint density at radius 2 is 2.00 bits per heavy atom. The highest BCUT2D eigenvalue weighted by Gasteiger charge is 2.19. The third-order valence-corrected chi connectivity index (χ3v) is 3.52. The molecule has 2 N–H and O–H groups in total. The van der Waals surface area contributed by atoms with Gasteiger partial charge in [-0.25, -0.2) is 5.43 Å². The molecule has 0 heterocycles. The largest absolute Gasteiger partial charge is 0.506 e. The van der Waals surface area contributed by atoms with Gasteiger partial charge in [0.25, 0.3) is 5.91 Å². The van der Waals surface area contributed by atoms with Crippen molar-refractivity contribution in [3.63, 3.8) is 0 Å². The number of aromatic hydroxyl groups is 1. The number of phenolic OH excluding ortho intramolecular Hbond substituents is 1. The lowest BCUT2D eigenvalue weighted by Crippen LogP contribution is -2.26. The first kappa shape index (κ1) is 17.3. The Hall–Kier alpha value is -2.08. The Kier molecular flexibility index (Phi) is 5.98. The summed E-state index contributed by atoms with van der Waals surface area (Å²) in [5, 5.41) is 14.0. The molecule has 120 valence electrons. The van der Waals surface area contributed by atoms with Crippen LogP contribution in [0.4, 0.5) is 0 Å². The van der Waals surface area contributed by atoms with Gasteiger partial charge in [0.2, 0.25) is 0 Å². The lowest BCUT2D eigenvalue weighted by Gasteiger charge is -2.13. The summed E-state index contributed by atoms with van der Waals surface area (Å²) in [5.74, 6) is -0.608. The lowest BCUT2D eigenvalue weighted by atomic mass is 10.1. The van der Waals surface area contributed by atoms with Gasteiger partial charge in [0.1, 0.15) is 5.75 Å². The van der Waals surface area contributed by atoms with Crippen molar-refractivity contribution in [2.24, 2.45) is 5.10 Å². The zero-order valence-corrected chi connectivity index (χ0v) is 13.7. The molecular weight excluding hydrogens is 339 g/mol. The summed E-state index contributed by atoms with van der Waals surface area (Å²) in [7, 11) is 1.43. The van der Waals surface area contributed by atoms with E-state index in [9.17, 15) is 9.90 Å². The van der Waals surface area contributed by atoms with Crippen molar-refractivity contribution in [2.45, 2.75) is 6.10 Å². The third-order valence-electron chi connectivity index (χ3n) is 3.01. The second kappa shape index (κ2) is 7.97. The Labute approximate surface area is 143 Å². The minimum absolute atomic E-state index is 0.101. The van der Waals surface area contributed by atoms with E-state index >= 15 is 0 Å². The van der Waals surface area contributed by atoms with Crippen molar-refractivity contribution in [1.82, 2.24) is 5.43 Å². The minimum atomic E-state index is -0.787. The van der Waals surface area contributed by atoms with Crippen LogP contribution < -0.4 is 5.43 Å². The van der Waals surface area contributed by atoms with E-state index in [1.54, 1.807) is 12.1 Å². The molecule has 23 heavy (non-hydrogen) atoms. The number of nitrogens with zero attached hydrogens (tertiary/aromatic N) is 1. The summed E-state index contributed by atoms with van der Waals surface area (Å²) in [6, 6.07) is 11.9. The van der Waals surface area contributed by atoms with Crippen LogP contribution in [-0.4, -0.2) is 24.3 Å². The first-order valence-electron chi connectivity index (χ1n) is 6.61. The molecule has 0 saturated heterocycles. The van der Waals surface area contributed by atoms with Crippen molar-refractivity contribution in [2.75, 3.05) is 7.11 Å². The number of methoxy groups -OCH3 is 1. The molecule has 0 aliphatic heterocycles. The molecule has 0 aliphatic rings. The molecule has 7 heteroatoms. The Morgan fingerprint density at radius 3 is 2.65 bits per heavy atom. The molecule has 0 saturated carbocycles. The molecule has 2 rings (SSSR count). The van der Waals surface area contributed by atoms with E-state index in [1.807, 2.05) is 18.2 Å². The first-order valence-corrected chi connectivity index (χ1v) is 7.37. The molecule has 0 radical (unpaired) electrons. The Bertz CT molecular complexity index is 721. The van der Waals surface area contributed by atoms with Gasteiger partial charge in [-0.3, -0.25) is 4.79 Å². The number of ether oxygens (including phenoxy) is 1. The highest BCUT2D eigenvalue weighted by molar-refractivity contribution is 6.36. The molecule has 0 aliphatic carbocycles. The molecule has 1 amide bonds. The molecule has 5 nitrogen and oxygen atoms in total. The van der Waals surface area contributed by atoms with Crippen LogP contribution in [0.5, 0.6) is 5.75 Å². The van der Waals surface area contributed by atoms with Gasteiger partial charge in [0.15, 0.2) is 6.10 Å². The molecule has 2 aromatic carbocycles. The van der Waals surface area contributed by atoms with E-state index in [2.05, 4.69) is 10.5 Å². The monoisotopic (exact) mass is 352 g/mol. The number of phenols is 1. The maximum atomic E-state index is 12.1. The van der Waals surface area contributed by atoms with E-state index in [-0.39, 0.29) is 16.3 Å². The van der Waals surface area contributed by atoms with Crippen molar-refractivity contribution in [3.05, 3.63) is 63.6 Å². The number of amides is 1. The molecule has 0 unspecified atom stereocenters. The van der Waals surface area contributed by atoms with E-state index in [4.69, 9.17) is 27.9 Å². The predicted molar refractivity (Wildman–Crippen MR) is 90.1 cm³/mol. The standard InChI is InChI=1S/C16H14Cl2N2O3/c1-23-15(10-5-3-2-4-6-10)16(22)20-19-9-11-7-12(17)8-13(18)14(11)21/h2-9,15,21H,1H3,(H,20,22)/b19-9-/t15-/m0/s1. The minimum Gasteiger partial charge on any atom is -0.506 e. The Balaban J connectivity index is 2.09. The second-order valence-electron chi connectivity index (χ2n) is 4.59. The maximum absolute atomic E-state index is 12.1.